The zero-order chi connectivity index (χ0) is 21.3. The molecule has 7 heteroatoms. The Balaban J connectivity index is 1.75. The summed E-state index contributed by atoms with van der Waals surface area (Å²) in [5.74, 6) is -1.33. The lowest BCUT2D eigenvalue weighted by Gasteiger charge is -2.51. The van der Waals surface area contributed by atoms with Crippen LogP contribution in [0.5, 0.6) is 0 Å². The molecule has 0 amide bonds. The van der Waals surface area contributed by atoms with E-state index in [0.717, 1.165) is 18.7 Å². The highest BCUT2D eigenvalue weighted by Gasteiger charge is 2.54. The Hall–Kier alpha value is -2.23. The van der Waals surface area contributed by atoms with Crippen LogP contribution in [0.15, 0.2) is 60.0 Å². The Morgan fingerprint density at radius 3 is 2.70 bits per heavy atom. The second kappa shape index (κ2) is 8.49. The van der Waals surface area contributed by atoms with Gasteiger partial charge in [-0.3, -0.25) is 4.90 Å². The fourth-order valence-electron chi connectivity index (χ4n) is 4.62. The number of methoxy groups -OCH3 is 1. The molecule has 156 valence electrons. The Morgan fingerprint density at radius 2 is 2.03 bits per heavy atom. The first-order chi connectivity index (χ1) is 14.5. The molecule has 0 aliphatic carbocycles. The van der Waals surface area contributed by atoms with Crippen LogP contribution in [0.2, 0.25) is 10.0 Å². The number of nitrogens with zero attached hydrogens (tertiary/aromatic N) is 2. The third kappa shape index (κ3) is 3.77. The maximum absolute atomic E-state index is 9.90. The first-order valence-electron chi connectivity index (χ1n) is 9.82. The van der Waals surface area contributed by atoms with Crippen molar-refractivity contribution in [2.24, 2.45) is 11.7 Å². The molecule has 0 unspecified atom stereocenters. The minimum absolute atomic E-state index is 0.100. The number of benzene rings is 2. The fraction of sp³-hybridized carbons (Fsp3) is 0.348. The van der Waals surface area contributed by atoms with E-state index in [0.29, 0.717) is 28.6 Å². The SMILES string of the molecule is CO[C@@]12CCN(Cc3ccccc3)C[C@H]1[C@H](c1ccc(Cl)cc1Cl)C(C#N)=C(N)O2. The average molecular weight is 444 g/mol. The zero-order valence-corrected chi connectivity index (χ0v) is 18.2. The lowest BCUT2D eigenvalue weighted by Crippen LogP contribution is -2.58. The molecule has 0 saturated carbocycles. The minimum Gasteiger partial charge on any atom is -0.446 e. The van der Waals surface area contributed by atoms with Gasteiger partial charge in [0.05, 0.1) is 5.57 Å². The summed E-state index contributed by atoms with van der Waals surface area (Å²) >= 11 is 12.7. The second-order valence-electron chi connectivity index (χ2n) is 7.73. The number of nitrogens with two attached hydrogens (primary N) is 1. The molecule has 2 aromatic rings. The van der Waals surface area contributed by atoms with Crippen molar-refractivity contribution in [2.45, 2.75) is 24.7 Å². The highest BCUT2D eigenvalue weighted by atomic mass is 35.5. The highest BCUT2D eigenvalue weighted by molar-refractivity contribution is 6.35. The molecule has 2 N–H and O–H groups in total. The van der Waals surface area contributed by atoms with Gasteiger partial charge in [0.25, 0.3) is 0 Å². The number of ether oxygens (including phenoxy) is 2. The smallest absolute Gasteiger partial charge is 0.218 e. The molecule has 0 radical (unpaired) electrons. The zero-order valence-electron chi connectivity index (χ0n) is 16.6. The van der Waals surface area contributed by atoms with Gasteiger partial charge in [-0.15, -0.1) is 0 Å². The molecule has 5 nitrogen and oxygen atoms in total. The van der Waals surface area contributed by atoms with Gasteiger partial charge in [-0.05, 0) is 23.3 Å². The van der Waals surface area contributed by atoms with Crippen molar-refractivity contribution in [3.8, 4) is 6.07 Å². The van der Waals surface area contributed by atoms with E-state index in [9.17, 15) is 5.26 Å². The molecule has 1 fully saturated rings. The van der Waals surface area contributed by atoms with Gasteiger partial charge >= 0.3 is 0 Å². The number of nitriles is 1. The van der Waals surface area contributed by atoms with Crippen molar-refractivity contribution in [1.29, 1.82) is 5.26 Å². The van der Waals surface area contributed by atoms with Crippen LogP contribution in [0.3, 0.4) is 0 Å². The Labute approximate surface area is 186 Å². The third-order valence-corrected chi connectivity index (χ3v) is 6.63. The van der Waals surface area contributed by atoms with E-state index in [1.54, 1.807) is 19.2 Å². The minimum atomic E-state index is -0.911. The fourth-order valence-corrected chi connectivity index (χ4v) is 5.15. The van der Waals surface area contributed by atoms with E-state index in [4.69, 9.17) is 38.4 Å². The second-order valence-corrected chi connectivity index (χ2v) is 8.57. The molecule has 1 saturated heterocycles. The number of rotatable bonds is 4. The molecule has 2 aliphatic rings. The summed E-state index contributed by atoms with van der Waals surface area (Å²) in [4.78, 5) is 2.36. The summed E-state index contributed by atoms with van der Waals surface area (Å²) < 4.78 is 12.0. The van der Waals surface area contributed by atoms with Gasteiger partial charge in [0.15, 0.2) is 0 Å². The summed E-state index contributed by atoms with van der Waals surface area (Å²) in [6.45, 7) is 2.26. The van der Waals surface area contributed by atoms with Crippen LogP contribution in [0.1, 0.15) is 23.5 Å². The standard InChI is InChI=1S/C23H23Cl2N3O2/c1-29-23-9-10-28(13-15-5-3-2-4-6-15)14-19(23)21(18(12-26)22(27)30-23)17-8-7-16(24)11-20(17)25/h2-8,11,19,21H,9-10,13-14,27H2,1H3/t19-,21+,23+/m0/s1. The molecular formula is C23H23Cl2N3O2. The topological polar surface area (TPSA) is 71.5 Å². The van der Waals surface area contributed by atoms with E-state index in [1.807, 2.05) is 24.3 Å². The van der Waals surface area contributed by atoms with Crippen LogP contribution in [-0.4, -0.2) is 30.9 Å². The van der Waals surface area contributed by atoms with Crippen LogP contribution in [0, 0.1) is 17.2 Å². The van der Waals surface area contributed by atoms with Crippen molar-refractivity contribution in [1.82, 2.24) is 4.90 Å². The Morgan fingerprint density at radius 1 is 1.27 bits per heavy atom. The number of likely N-dealkylation sites (tertiary alicyclic amines) is 1. The van der Waals surface area contributed by atoms with E-state index >= 15 is 0 Å². The quantitative estimate of drug-likeness (QED) is 0.743. The lowest BCUT2D eigenvalue weighted by molar-refractivity contribution is -0.266. The lowest BCUT2D eigenvalue weighted by atomic mass is 9.72. The van der Waals surface area contributed by atoms with Crippen molar-refractivity contribution in [2.75, 3.05) is 20.2 Å². The van der Waals surface area contributed by atoms with Gasteiger partial charge in [0.1, 0.15) is 6.07 Å². The van der Waals surface area contributed by atoms with E-state index in [-0.39, 0.29) is 17.7 Å². The third-order valence-electron chi connectivity index (χ3n) is 6.07. The molecule has 30 heavy (non-hydrogen) atoms. The predicted octanol–water partition coefficient (Wildman–Crippen LogP) is 4.67. The van der Waals surface area contributed by atoms with Crippen molar-refractivity contribution in [3.63, 3.8) is 0 Å². The normalized spacial score (nSPS) is 26.6. The molecule has 2 aliphatic heterocycles. The molecule has 0 bridgehead atoms. The van der Waals surface area contributed by atoms with E-state index in [2.05, 4.69) is 23.1 Å². The van der Waals surface area contributed by atoms with Gasteiger partial charge < -0.3 is 15.2 Å². The Kier molecular flexibility index (Phi) is 5.95. The van der Waals surface area contributed by atoms with E-state index < -0.39 is 5.79 Å². The molecule has 0 aromatic heterocycles. The number of fused-ring (bicyclic) bond motifs is 1. The largest absolute Gasteiger partial charge is 0.446 e. The number of hydrogen-bond acceptors (Lipinski definition) is 5. The van der Waals surface area contributed by atoms with Gasteiger partial charge in [-0.2, -0.15) is 5.26 Å². The van der Waals surface area contributed by atoms with Gasteiger partial charge in [-0.1, -0.05) is 59.6 Å². The van der Waals surface area contributed by atoms with Crippen molar-refractivity contribution in [3.05, 3.63) is 81.2 Å². The maximum atomic E-state index is 9.90. The van der Waals surface area contributed by atoms with Crippen LogP contribution in [0.4, 0.5) is 0 Å². The van der Waals surface area contributed by atoms with Crippen LogP contribution >= 0.6 is 23.2 Å². The summed E-state index contributed by atoms with van der Waals surface area (Å²) in [5, 5.41) is 10.9. The van der Waals surface area contributed by atoms with Gasteiger partial charge in [0.2, 0.25) is 11.7 Å². The summed E-state index contributed by atoms with van der Waals surface area (Å²) in [6.07, 6.45) is 0.627. The monoisotopic (exact) mass is 443 g/mol. The van der Waals surface area contributed by atoms with Crippen molar-refractivity contribution >= 4 is 23.2 Å². The number of hydrogen-bond donors (Lipinski definition) is 1. The summed E-state index contributed by atoms with van der Waals surface area (Å²) in [7, 11) is 1.63. The number of piperidine rings is 1. The molecule has 3 atom stereocenters. The molecular weight excluding hydrogens is 421 g/mol. The van der Waals surface area contributed by atoms with Crippen LogP contribution in [-0.2, 0) is 16.0 Å². The average Bonchev–Trinajstić information content (AvgIpc) is 2.74. The molecule has 0 spiro atoms. The molecule has 4 rings (SSSR count). The highest BCUT2D eigenvalue weighted by Crippen LogP contribution is 2.50. The molecule has 2 heterocycles. The van der Waals surface area contributed by atoms with E-state index in [1.165, 1.54) is 5.56 Å². The van der Waals surface area contributed by atoms with Gasteiger partial charge in [0, 0.05) is 55.0 Å². The van der Waals surface area contributed by atoms with Crippen LogP contribution < -0.4 is 5.73 Å². The Bertz CT molecular complexity index is 1010. The maximum Gasteiger partial charge on any atom is 0.218 e. The molecule has 2 aromatic carbocycles. The summed E-state index contributed by atoms with van der Waals surface area (Å²) in [5.41, 5.74) is 8.60. The van der Waals surface area contributed by atoms with Gasteiger partial charge in [-0.25, -0.2) is 0 Å². The first-order valence-corrected chi connectivity index (χ1v) is 10.6. The number of allylic oxidation sites excluding steroid dienone is 1. The summed E-state index contributed by atoms with van der Waals surface area (Å²) in [6, 6.07) is 17.9. The number of halogens is 2. The predicted molar refractivity (Wildman–Crippen MR) is 117 cm³/mol. The van der Waals surface area contributed by atoms with Crippen LogP contribution in [0.25, 0.3) is 0 Å². The van der Waals surface area contributed by atoms with Crippen molar-refractivity contribution < 1.29 is 9.47 Å². The first kappa shape index (κ1) is 21.0.